The summed E-state index contributed by atoms with van der Waals surface area (Å²) in [7, 11) is 0. The SMILES string of the molecule is C#Cc1cccc2c1C=C(C(=O)c1cnn(-c3ccc4nc(C)[nH]c4c3)c1N)C2. The molecule has 0 saturated carbocycles. The maximum atomic E-state index is 13.1. The van der Waals surface area contributed by atoms with Crippen molar-refractivity contribution in [2.75, 3.05) is 5.73 Å². The highest BCUT2D eigenvalue weighted by Crippen LogP contribution is 2.31. The molecule has 1 aliphatic carbocycles. The van der Waals surface area contributed by atoms with E-state index in [0.29, 0.717) is 23.4 Å². The summed E-state index contributed by atoms with van der Waals surface area (Å²) in [6.45, 7) is 1.90. The largest absolute Gasteiger partial charge is 0.383 e. The van der Waals surface area contributed by atoms with E-state index in [1.165, 1.54) is 6.20 Å². The Morgan fingerprint density at radius 2 is 2.17 bits per heavy atom. The van der Waals surface area contributed by atoms with Crippen LogP contribution in [0.1, 0.15) is 32.9 Å². The highest BCUT2D eigenvalue weighted by Gasteiger charge is 2.25. The Hall–Kier alpha value is -4.11. The van der Waals surface area contributed by atoms with Gasteiger partial charge in [-0.25, -0.2) is 9.67 Å². The van der Waals surface area contributed by atoms with Gasteiger partial charge in [0, 0.05) is 17.6 Å². The van der Waals surface area contributed by atoms with Crippen LogP contribution in [0, 0.1) is 19.3 Å². The van der Waals surface area contributed by atoms with Crippen molar-refractivity contribution in [2.24, 2.45) is 0 Å². The molecule has 6 nitrogen and oxygen atoms in total. The van der Waals surface area contributed by atoms with Gasteiger partial charge in [0.25, 0.3) is 0 Å². The number of hydrogen-bond acceptors (Lipinski definition) is 4. The predicted octanol–water partition coefficient (Wildman–Crippen LogP) is 3.44. The molecule has 2 heterocycles. The van der Waals surface area contributed by atoms with E-state index < -0.39 is 0 Å². The van der Waals surface area contributed by atoms with E-state index in [1.807, 2.05) is 49.4 Å². The summed E-state index contributed by atoms with van der Waals surface area (Å²) >= 11 is 0. The number of ketones is 1. The molecular formula is C23H17N5O. The van der Waals surface area contributed by atoms with E-state index in [9.17, 15) is 4.79 Å². The number of benzene rings is 2. The first-order valence-corrected chi connectivity index (χ1v) is 9.19. The number of Topliss-reactive ketones (excluding diaryl/α,β-unsaturated/α-hetero) is 1. The molecule has 4 aromatic rings. The van der Waals surface area contributed by atoms with Crippen LogP contribution in [0.15, 0.2) is 48.2 Å². The molecule has 2 aromatic carbocycles. The summed E-state index contributed by atoms with van der Waals surface area (Å²) in [5.41, 5.74) is 12.6. The number of nitrogen functional groups attached to an aromatic ring is 1. The quantitative estimate of drug-likeness (QED) is 0.421. The van der Waals surface area contributed by atoms with Crippen molar-refractivity contribution in [1.82, 2.24) is 19.7 Å². The molecule has 3 N–H and O–H groups in total. The standard InChI is InChI=1S/C23H17N5O/c1-3-14-5-4-6-15-9-16(10-18(14)15)22(29)19-12-25-28(23(19)24)17-7-8-20-21(11-17)27-13(2)26-20/h1,4-8,10-12H,9,24H2,2H3,(H,26,27). The topological polar surface area (TPSA) is 89.6 Å². The molecule has 0 aliphatic heterocycles. The third kappa shape index (κ3) is 2.64. The molecule has 29 heavy (non-hydrogen) atoms. The molecule has 140 valence electrons. The molecular weight excluding hydrogens is 362 g/mol. The predicted molar refractivity (Wildman–Crippen MR) is 113 cm³/mol. The Bertz CT molecular complexity index is 1380. The number of aromatic amines is 1. The number of rotatable bonds is 3. The minimum atomic E-state index is -0.133. The number of nitrogens with zero attached hydrogens (tertiary/aromatic N) is 3. The second-order valence-electron chi connectivity index (χ2n) is 7.08. The van der Waals surface area contributed by atoms with Crippen molar-refractivity contribution in [1.29, 1.82) is 0 Å². The zero-order valence-electron chi connectivity index (χ0n) is 15.7. The number of anilines is 1. The lowest BCUT2D eigenvalue weighted by Crippen LogP contribution is -2.08. The van der Waals surface area contributed by atoms with E-state index in [-0.39, 0.29) is 5.78 Å². The van der Waals surface area contributed by atoms with E-state index in [2.05, 4.69) is 21.0 Å². The van der Waals surface area contributed by atoms with Crippen LogP contribution in [-0.4, -0.2) is 25.5 Å². The lowest BCUT2D eigenvalue weighted by molar-refractivity contribution is 0.103. The number of aromatic nitrogens is 4. The molecule has 0 saturated heterocycles. The number of allylic oxidation sites excluding steroid dienone is 1. The monoisotopic (exact) mass is 379 g/mol. The average molecular weight is 379 g/mol. The van der Waals surface area contributed by atoms with Crippen LogP contribution in [0.5, 0.6) is 0 Å². The molecule has 2 aromatic heterocycles. The fourth-order valence-electron chi connectivity index (χ4n) is 3.81. The second kappa shape index (κ2) is 6.21. The number of nitrogens with one attached hydrogen (secondary N) is 1. The van der Waals surface area contributed by atoms with Crippen LogP contribution in [-0.2, 0) is 6.42 Å². The van der Waals surface area contributed by atoms with Crippen molar-refractivity contribution in [2.45, 2.75) is 13.3 Å². The minimum absolute atomic E-state index is 0.133. The summed E-state index contributed by atoms with van der Waals surface area (Å²) in [6, 6.07) is 11.5. The van der Waals surface area contributed by atoms with Gasteiger partial charge < -0.3 is 10.7 Å². The highest BCUT2D eigenvalue weighted by atomic mass is 16.1. The number of aryl methyl sites for hydroxylation is 1. The van der Waals surface area contributed by atoms with Crippen molar-refractivity contribution in [3.05, 3.63) is 76.2 Å². The van der Waals surface area contributed by atoms with Gasteiger partial charge in [-0.05, 0) is 48.4 Å². The zero-order valence-corrected chi connectivity index (χ0v) is 15.7. The first kappa shape index (κ1) is 17.0. The first-order valence-electron chi connectivity index (χ1n) is 9.19. The van der Waals surface area contributed by atoms with E-state index in [4.69, 9.17) is 12.2 Å². The molecule has 0 unspecified atom stereocenters. The van der Waals surface area contributed by atoms with Gasteiger partial charge in [0.1, 0.15) is 11.6 Å². The number of fused-ring (bicyclic) bond motifs is 2. The summed E-state index contributed by atoms with van der Waals surface area (Å²) < 4.78 is 1.57. The van der Waals surface area contributed by atoms with Crippen LogP contribution in [0.25, 0.3) is 22.8 Å². The number of H-pyrrole nitrogens is 1. The Kier molecular flexibility index (Phi) is 3.65. The first-order chi connectivity index (χ1) is 14.0. The number of nitrogens with two attached hydrogens (primary N) is 1. The van der Waals surface area contributed by atoms with Crippen molar-refractivity contribution < 1.29 is 4.79 Å². The molecule has 1 aliphatic rings. The molecule has 0 radical (unpaired) electrons. The van der Waals surface area contributed by atoms with Gasteiger partial charge in [-0.15, -0.1) is 6.42 Å². The number of carbonyl (C=O) groups excluding carboxylic acids is 1. The number of hydrogen-bond donors (Lipinski definition) is 2. The van der Waals surface area contributed by atoms with Gasteiger partial charge in [0.2, 0.25) is 0 Å². The Morgan fingerprint density at radius 3 is 3.00 bits per heavy atom. The average Bonchev–Trinajstić information content (AvgIpc) is 3.41. The maximum Gasteiger partial charge on any atom is 0.194 e. The van der Waals surface area contributed by atoms with Crippen molar-refractivity contribution >= 4 is 28.7 Å². The van der Waals surface area contributed by atoms with Crippen molar-refractivity contribution in [3.63, 3.8) is 0 Å². The van der Waals surface area contributed by atoms with Crippen LogP contribution >= 0.6 is 0 Å². The Balaban J connectivity index is 1.51. The molecule has 0 bridgehead atoms. The molecule has 0 atom stereocenters. The van der Waals surface area contributed by atoms with Crippen LogP contribution in [0.2, 0.25) is 0 Å². The number of carbonyl (C=O) groups is 1. The van der Waals surface area contributed by atoms with Gasteiger partial charge in [-0.1, -0.05) is 18.1 Å². The van der Waals surface area contributed by atoms with Gasteiger partial charge in [-0.2, -0.15) is 5.10 Å². The lowest BCUT2D eigenvalue weighted by Gasteiger charge is -2.05. The summed E-state index contributed by atoms with van der Waals surface area (Å²) in [4.78, 5) is 20.7. The normalized spacial score (nSPS) is 12.6. The summed E-state index contributed by atoms with van der Waals surface area (Å²) in [6.07, 6.45) is 9.50. The van der Waals surface area contributed by atoms with Gasteiger partial charge in [0.05, 0.1) is 28.5 Å². The number of terminal acetylenes is 1. The highest BCUT2D eigenvalue weighted by molar-refractivity contribution is 6.15. The molecule has 0 spiro atoms. The van der Waals surface area contributed by atoms with Crippen LogP contribution < -0.4 is 5.73 Å². The van der Waals surface area contributed by atoms with Crippen LogP contribution in [0.4, 0.5) is 5.82 Å². The van der Waals surface area contributed by atoms with Gasteiger partial charge in [-0.3, -0.25) is 4.79 Å². The third-order valence-corrected chi connectivity index (χ3v) is 5.22. The molecule has 5 rings (SSSR count). The Labute approximate surface area is 167 Å². The van der Waals surface area contributed by atoms with E-state index in [1.54, 1.807) is 4.68 Å². The van der Waals surface area contributed by atoms with Gasteiger partial charge in [0.15, 0.2) is 5.78 Å². The van der Waals surface area contributed by atoms with E-state index >= 15 is 0 Å². The smallest absolute Gasteiger partial charge is 0.194 e. The fourth-order valence-corrected chi connectivity index (χ4v) is 3.81. The Morgan fingerprint density at radius 1 is 1.31 bits per heavy atom. The molecule has 0 amide bonds. The fraction of sp³-hybridized carbons (Fsp3) is 0.0870. The molecule has 6 heteroatoms. The lowest BCUT2D eigenvalue weighted by atomic mass is 10.0. The van der Waals surface area contributed by atoms with E-state index in [0.717, 1.165) is 39.2 Å². The van der Waals surface area contributed by atoms with Gasteiger partial charge >= 0.3 is 0 Å². The second-order valence-corrected chi connectivity index (χ2v) is 7.08. The minimum Gasteiger partial charge on any atom is -0.383 e. The summed E-state index contributed by atoms with van der Waals surface area (Å²) in [5.74, 6) is 3.68. The third-order valence-electron chi connectivity index (χ3n) is 5.22. The number of imidazole rings is 1. The summed E-state index contributed by atoms with van der Waals surface area (Å²) in [5, 5.41) is 4.35. The van der Waals surface area contributed by atoms with Crippen molar-refractivity contribution in [3.8, 4) is 18.0 Å². The van der Waals surface area contributed by atoms with Crippen LogP contribution in [0.3, 0.4) is 0 Å². The maximum absolute atomic E-state index is 13.1. The zero-order chi connectivity index (χ0) is 20.1. The molecule has 0 fully saturated rings.